The Morgan fingerprint density at radius 1 is 0.531 bits per heavy atom. The fraction of sp³-hybridized carbons (Fsp3) is 0.0833. The fourth-order valence-corrected chi connectivity index (χ4v) is 5.41. The second kappa shape index (κ2) is 8.29. The zero-order chi connectivity index (χ0) is 22.9. The van der Waals surface area contributed by atoms with Crippen LogP contribution in [0, 0.1) is 13.8 Å². The summed E-state index contributed by atoms with van der Waals surface area (Å²) in [6.07, 6.45) is 0. The number of sulfonamides is 2. The molecule has 0 amide bonds. The number of hydrogen-bond acceptors (Lipinski definition) is 4. The van der Waals surface area contributed by atoms with Crippen LogP contribution in [0.1, 0.15) is 11.1 Å². The van der Waals surface area contributed by atoms with Gasteiger partial charge in [-0.25, -0.2) is 16.8 Å². The molecule has 0 aliphatic heterocycles. The molecular weight excluding hydrogens is 444 g/mol. The van der Waals surface area contributed by atoms with E-state index in [1.54, 1.807) is 24.3 Å². The molecule has 0 heterocycles. The molecule has 6 nitrogen and oxygen atoms in total. The summed E-state index contributed by atoms with van der Waals surface area (Å²) in [6, 6.07) is 23.3. The number of fused-ring (bicyclic) bond motifs is 1. The first-order valence-corrected chi connectivity index (χ1v) is 12.8. The van der Waals surface area contributed by atoms with Crippen LogP contribution in [0.2, 0.25) is 0 Å². The predicted octanol–water partition coefficient (Wildman–Crippen LogP) is 5.06. The van der Waals surface area contributed by atoms with Gasteiger partial charge in [-0.3, -0.25) is 9.44 Å². The summed E-state index contributed by atoms with van der Waals surface area (Å²) < 4.78 is 56.0. The molecule has 4 rings (SSSR count). The van der Waals surface area contributed by atoms with Crippen LogP contribution in [-0.2, 0) is 20.0 Å². The molecule has 4 aromatic rings. The smallest absolute Gasteiger partial charge is 0.261 e. The molecular formula is C24H22N2O4S2. The average molecular weight is 467 g/mol. The fourth-order valence-electron chi connectivity index (χ4n) is 3.27. The SMILES string of the molecule is Cc1ccc(NS(=O)(=O)c2ccc(NS(=O)(=O)c3ccc4ccccc4c3)cc2)cc1C. The molecule has 0 bridgehead atoms. The Kier molecular flexibility index (Phi) is 5.66. The minimum Gasteiger partial charge on any atom is -0.280 e. The molecule has 0 spiro atoms. The molecule has 0 fully saturated rings. The zero-order valence-corrected chi connectivity index (χ0v) is 19.2. The first-order chi connectivity index (χ1) is 15.1. The summed E-state index contributed by atoms with van der Waals surface area (Å²) in [7, 11) is -7.63. The number of aryl methyl sites for hydroxylation is 2. The van der Waals surface area contributed by atoms with Crippen LogP contribution in [0.25, 0.3) is 10.8 Å². The molecule has 0 aliphatic rings. The van der Waals surface area contributed by atoms with E-state index in [4.69, 9.17) is 0 Å². The minimum absolute atomic E-state index is 0.0318. The van der Waals surface area contributed by atoms with Gasteiger partial charge in [0.25, 0.3) is 20.0 Å². The van der Waals surface area contributed by atoms with Crippen LogP contribution in [-0.4, -0.2) is 16.8 Å². The highest BCUT2D eigenvalue weighted by Crippen LogP contribution is 2.23. The minimum atomic E-state index is -3.83. The summed E-state index contributed by atoms with van der Waals surface area (Å²) in [6.45, 7) is 3.86. The van der Waals surface area contributed by atoms with Crippen LogP contribution >= 0.6 is 0 Å². The molecule has 32 heavy (non-hydrogen) atoms. The first-order valence-electron chi connectivity index (χ1n) is 9.86. The van der Waals surface area contributed by atoms with Gasteiger partial charge in [0, 0.05) is 11.4 Å². The van der Waals surface area contributed by atoms with Crippen molar-refractivity contribution < 1.29 is 16.8 Å². The molecule has 0 aromatic heterocycles. The Balaban J connectivity index is 1.54. The first kappa shape index (κ1) is 21.9. The molecule has 0 radical (unpaired) electrons. The summed E-state index contributed by atoms with van der Waals surface area (Å²) in [4.78, 5) is 0.161. The van der Waals surface area contributed by atoms with Crippen LogP contribution in [0.4, 0.5) is 11.4 Å². The van der Waals surface area contributed by atoms with Crippen LogP contribution < -0.4 is 9.44 Å². The Bertz CT molecular complexity index is 1510. The summed E-state index contributed by atoms with van der Waals surface area (Å²) in [5.41, 5.74) is 2.78. The number of benzene rings is 4. The van der Waals surface area contributed by atoms with Crippen molar-refractivity contribution in [3.8, 4) is 0 Å². The van der Waals surface area contributed by atoms with Crippen molar-refractivity contribution in [3.05, 3.63) is 96.1 Å². The Morgan fingerprint density at radius 2 is 1.09 bits per heavy atom. The molecule has 4 aromatic carbocycles. The predicted molar refractivity (Wildman–Crippen MR) is 128 cm³/mol. The lowest BCUT2D eigenvalue weighted by Gasteiger charge is -2.12. The molecule has 0 atom stereocenters. The van der Waals surface area contributed by atoms with Gasteiger partial charge in [-0.2, -0.15) is 0 Å². The molecule has 2 N–H and O–H groups in total. The van der Waals surface area contributed by atoms with E-state index < -0.39 is 20.0 Å². The molecule has 8 heteroatoms. The molecule has 0 saturated carbocycles. The standard InChI is InChI=1S/C24H22N2O4S2/c1-17-7-9-22(15-18(17)2)26-31(27,28)23-13-10-21(11-14-23)25-32(29,30)24-12-8-19-5-3-4-6-20(19)16-24/h3-16,25-26H,1-2H3. The largest absolute Gasteiger partial charge is 0.280 e. The molecule has 0 saturated heterocycles. The van der Waals surface area contributed by atoms with E-state index in [1.165, 1.54) is 30.3 Å². The van der Waals surface area contributed by atoms with Crippen LogP contribution in [0.15, 0.2) is 94.7 Å². The van der Waals surface area contributed by atoms with E-state index in [0.29, 0.717) is 5.69 Å². The summed E-state index contributed by atoms with van der Waals surface area (Å²) in [5, 5.41) is 1.76. The lowest BCUT2D eigenvalue weighted by atomic mass is 10.1. The van der Waals surface area contributed by atoms with Gasteiger partial charge in [0.1, 0.15) is 0 Å². The normalized spacial score (nSPS) is 11.9. The van der Waals surface area contributed by atoms with Gasteiger partial charge in [0.2, 0.25) is 0 Å². The highest BCUT2D eigenvalue weighted by atomic mass is 32.2. The third kappa shape index (κ3) is 4.61. The maximum Gasteiger partial charge on any atom is 0.261 e. The molecule has 164 valence electrons. The van der Waals surface area contributed by atoms with Gasteiger partial charge in [-0.1, -0.05) is 36.4 Å². The van der Waals surface area contributed by atoms with Crippen molar-refractivity contribution in [1.82, 2.24) is 0 Å². The number of rotatable bonds is 6. The zero-order valence-electron chi connectivity index (χ0n) is 17.5. The summed E-state index contributed by atoms with van der Waals surface area (Å²) >= 11 is 0. The van der Waals surface area contributed by atoms with E-state index in [0.717, 1.165) is 21.9 Å². The van der Waals surface area contributed by atoms with Crippen molar-refractivity contribution >= 4 is 42.2 Å². The monoisotopic (exact) mass is 466 g/mol. The van der Waals surface area contributed by atoms with Crippen molar-refractivity contribution in [2.45, 2.75) is 23.6 Å². The third-order valence-corrected chi connectivity index (χ3v) is 7.98. The average Bonchev–Trinajstić information content (AvgIpc) is 2.76. The lowest BCUT2D eigenvalue weighted by Crippen LogP contribution is -2.14. The highest BCUT2D eigenvalue weighted by molar-refractivity contribution is 7.93. The topological polar surface area (TPSA) is 92.3 Å². The maximum atomic E-state index is 12.8. The van der Waals surface area contributed by atoms with Gasteiger partial charge in [-0.05, 0) is 84.3 Å². The van der Waals surface area contributed by atoms with Crippen molar-refractivity contribution in [1.29, 1.82) is 0 Å². The van der Waals surface area contributed by atoms with E-state index >= 15 is 0 Å². The second-order valence-corrected chi connectivity index (χ2v) is 10.9. The number of anilines is 2. The Labute approximate surface area is 188 Å². The maximum absolute atomic E-state index is 12.8. The third-order valence-electron chi connectivity index (χ3n) is 5.21. The van der Waals surface area contributed by atoms with Gasteiger partial charge < -0.3 is 0 Å². The Hall–Kier alpha value is -3.36. The van der Waals surface area contributed by atoms with E-state index in [9.17, 15) is 16.8 Å². The van der Waals surface area contributed by atoms with E-state index in [-0.39, 0.29) is 15.5 Å². The summed E-state index contributed by atoms with van der Waals surface area (Å²) in [5.74, 6) is 0. The van der Waals surface area contributed by atoms with E-state index in [2.05, 4.69) is 9.44 Å². The van der Waals surface area contributed by atoms with Crippen molar-refractivity contribution in [3.63, 3.8) is 0 Å². The lowest BCUT2D eigenvalue weighted by molar-refractivity contribution is 0.600. The number of hydrogen-bond donors (Lipinski definition) is 2. The Morgan fingerprint density at radius 3 is 1.78 bits per heavy atom. The molecule has 0 unspecified atom stereocenters. The quantitative estimate of drug-likeness (QED) is 0.416. The second-order valence-electron chi connectivity index (χ2n) is 7.54. The number of nitrogens with one attached hydrogen (secondary N) is 2. The van der Waals surface area contributed by atoms with Crippen LogP contribution in [0.5, 0.6) is 0 Å². The van der Waals surface area contributed by atoms with Crippen molar-refractivity contribution in [2.75, 3.05) is 9.44 Å². The van der Waals surface area contributed by atoms with Crippen molar-refractivity contribution in [2.24, 2.45) is 0 Å². The van der Waals surface area contributed by atoms with Crippen LogP contribution in [0.3, 0.4) is 0 Å². The molecule has 0 aliphatic carbocycles. The van der Waals surface area contributed by atoms with Gasteiger partial charge in [-0.15, -0.1) is 0 Å². The highest BCUT2D eigenvalue weighted by Gasteiger charge is 2.17. The van der Waals surface area contributed by atoms with Gasteiger partial charge in [0.15, 0.2) is 0 Å². The van der Waals surface area contributed by atoms with Gasteiger partial charge >= 0.3 is 0 Å². The van der Waals surface area contributed by atoms with E-state index in [1.807, 2.05) is 44.2 Å². The van der Waals surface area contributed by atoms with Gasteiger partial charge in [0.05, 0.1) is 9.79 Å².